The van der Waals surface area contributed by atoms with Crippen LogP contribution in [0.25, 0.3) is 5.65 Å². The van der Waals surface area contributed by atoms with E-state index in [0.717, 1.165) is 37.1 Å². The summed E-state index contributed by atoms with van der Waals surface area (Å²) in [5.41, 5.74) is 8.68. The second-order valence-corrected chi connectivity index (χ2v) is 10.6. The third kappa shape index (κ3) is 5.21. The number of aromatic nitrogens is 3. The molecule has 0 bridgehead atoms. The van der Waals surface area contributed by atoms with Crippen molar-refractivity contribution in [3.8, 4) is 0 Å². The first-order valence-electron chi connectivity index (χ1n) is 10.4. The van der Waals surface area contributed by atoms with Gasteiger partial charge >= 0.3 is 0 Å². The van der Waals surface area contributed by atoms with Gasteiger partial charge in [0.15, 0.2) is 5.65 Å². The van der Waals surface area contributed by atoms with Crippen LogP contribution in [-0.4, -0.2) is 66.3 Å². The Labute approximate surface area is 197 Å². The summed E-state index contributed by atoms with van der Waals surface area (Å²) in [4.78, 5) is 21.5. The highest BCUT2D eigenvalue weighted by molar-refractivity contribution is 7.92. The van der Waals surface area contributed by atoms with E-state index in [1.165, 1.54) is 23.1 Å². The first-order chi connectivity index (χ1) is 15.5. The molecule has 3 heterocycles. The molecule has 12 heteroatoms. The summed E-state index contributed by atoms with van der Waals surface area (Å²) in [7, 11) is -1.95. The number of hydrogen-bond acceptors (Lipinski definition) is 7. The number of aryl methyl sites for hydroxylation is 1. The minimum atomic E-state index is -3.57. The fourth-order valence-electron chi connectivity index (χ4n) is 3.93. The molecule has 2 aromatic heterocycles. The third-order valence-electron chi connectivity index (χ3n) is 5.43. The molecular weight excluding hydrogens is 466 g/mol. The predicted molar refractivity (Wildman–Crippen MR) is 128 cm³/mol. The second kappa shape index (κ2) is 8.81. The summed E-state index contributed by atoms with van der Waals surface area (Å²) in [5.74, 6) is 0.498. The van der Waals surface area contributed by atoms with Gasteiger partial charge in [-0.1, -0.05) is 11.6 Å². The molecule has 176 valence electrons. The molecule has 0 unspecified atom stereocenters. The average Bonchev–Trinajstić information content (AvgIpc) is 3.32. The molecule has 1 aromatic carbocycles. The van der Waals surface area contributed by atoms with Crippen molar-refractivity contribution in [2.45, 2.75) is 25.9 Å². The second-order valence-electron chi connectivity index (χ2n) is 8.41. The molecule has 1 aliphatic rings. The van der Waals surface area contributed by atoms with Crippen molar-refractivity contribution >= 4 is 44.7 Å². The highest BCUT2D eigenvalue weighted by atomic mass is 35.5. The van der Waals surface area contributed by atoms with Gasteiger partial charge < -0.3 is 15.5 Å². The maximum Gasteiger partial charge on any atom is 0.256 e. The molecule has 0 saturated carbocycles. The zero-order valence-corrected chi connectivity index (χ0v) is 20.2. The number of halogens is 1. The smallest absolute Gasteiger partial charge is 0.256 e. The Kier molecular flexibility index (Phi) is 6.21. The number of anilines is 2. The minimum Gasteiger partial charge on any atom is -0.355 e. The summed E-state index contributed by atoms with van der Waals surface area (Å²) in [6.07, 6.45) is 3.87. The zero-order valence-electron chi connectivity index (χ0n) is 18.6. The minimum absolute atomic E-state index is 0.149. The molecule has 10 nitrogen and oxygen atoms in total. The summed E-state index contributed by atoms with van der Waals surface area (Å²) < 4.78 is 27.4. The molecule has 0 spiro atoms. The van der Waals surface area contributed by atoms with Crippen molar-refractivity contribution < 1.29 is 13.2 Å². The molecule has 3 aromatic rings. The van der Waals surface area contributed by atoms with Gasteiger partial charge in [-0.2, -0.15) is 5.10 Å². The average molecular weight is 492 g/mol. The normalized spacial score (nSPS) is 16.4. The van der Waals surface area contributed by atoms with Crippen molar-refractivity contribution in [3.05, 3.63) is 52.3 Å². The standard InChI is InChI=1S/C21H26ClN7O3S/c1-13-10-29-19(24-20(13)28-7-6-15(23)11-28)9-16(25-29)12-27(2)21(30)17-8-14(22)4-5-18(17)26-33(3,31)32/h4-5,8-10,15,26H,6-7,11-12,23H2,1-3H3/t15-/m0/s1. The highest BCUT2D eigenvalue weighted by Gasteiger charge is 2.23. The van der Waals surface area contributed by atoms with E-state index >= 15 is 0 Å². The number of hydrogen-bond donors (Lipinski definition) is 2. The number of sulfonamides is 1. The van der Waals surface area contributed by atoms with Gasteiger partial charge in [0.2, 0.25) is 10.0 Å². The van der Waals surface area contributed by atoms with Gasteiger partial charge in [0.1, 0.15) is 5.82 Å². The fraction of sp³-hybridized carbons (Fsp3) is 0.381. The predicted octanol–water partition coefficient (Wildman–Crippen LogP) is 1.87. The molecular formula is C21H26ClN7O3S. The molecule has 1 aliphatic heterocycles. The number of fused-ring (bicyclic) bond motifs is 1. The lowest BCUT2D eigenvalue weighted by atomic mass is 10.1. The van der Waals surface area contributed by atoms with Crippen LogP contribution in [0.1, 0.15) is 28.0 Å². The van der Waals surface area contributed by atoms with Crippen LogP contribution in [0.3, 0.4) is 0 Å². The maximum absolute atomic E-state index is 13.1. The van der Waals surface area contributed by atoms with Crippen LogP contribution in [-0.2, 0) is 16.6 Å². The van der Waals surface area contributed by atoms with E-state index < -0.39 is 15.9 Å². The maximum atomic E-state index is 13.1. The number of carbonyl (C=O) groups excluding carboxylic acids is 1. The van der Waals surface area contributed by atoms with Gasteiger partial charge in [-0.25, -0.2) is 17.9 Å². The lowest BCUT2D eigenvalue weighted by molar-refractivity contribution is 0.0784. The van der Waals surface area contributed by atoms with E-state index in [2.05, 4.69) is 14.7 Å². The lowest BCUT2D eigenvalue weighted by Crippen LogP contribution is -2.27. The number of carbonyl (C=O) groups is 1. The first-order valence-corrected chi connectivity index (χ1v) is 12.7. The van der Waals surface area contributed by atoms with E-state index in [0.29, 0.717) is 16.4 Å². The third-order valence-corrected chi connectivity index (χ3v) is 6.26. The number of amides is 1. The van der Waals surface area contributed by atoms with Gasteiger partial charge in [-0.3, -0.25) is 9.52 Å². The van der Waals surface area contributed by atoms with E-state index in [4.69, 9.17) is 22.3 Å². The van der Waals surface area contributed by atoms with E-state index in [1.807, 2.05) is 19.2 Å². The quantitative estimate of drug-likeness (QED) is 0.539. The Morgan fingerprint density at radius 3 is 2.79 bits per heavy atom. The van der Waals surface area contributed by atoms with Crippen molar-refractivity contribution in [2.75, 3.05) is 36.0 Å². The van der Waals surface area contributed by atoms with Crippen LogP contribution in [0.5, 0.6) is 0 Å². The summed E-state index contributed by atoms with van der Waals surface area (Å²) in [6, 6.07) is 6.41. The number of nitrogens with one attached hydrogen (secondary N) is 1. The largest absolute Gasteiger partial charge is 0.355 e. The van der Waals surface area contributed by atoms with Gasteiger partial charge in [0, 0.05) is 49.0 Å². The fourth-order valence-corrected chi connectivity index (χ4v) is 4.68. The van der Waals surface area contributed by atoms with Crippen LogP contribution in [0.15, 0.2) is 30.5 Å². The summed E-state index contributed by atoms with van der Waals surface area (Å²) >= 11 is 6.06. The lowest BCUT2D eigenvalue weighted by Gasteiger charge is -2.19. The van der Waals surface area contributed by atoms with Crippen LogP contribution in [0.4, 0.5) is 11.5 Å². The molecule has 0 radical (unpaired) electrons. The zero-order chi connectivity index (χ0) is 23.9. The topological polar surface area (TPSA) is 126 Å². The Balaban J connectivity index is 1.57. The van der Waals surface area contributed by atoms with Crippen LogP contribution < -0.4 is 15.4 Å². The molecule has 3 N–H and O–H groups in total. The van der Waals surface area contributed by atoms with E-state index in [1.54, 1.807) is 11.6 Å². The van der Waals surface area contributed by atoms with Crippen molar-refractivity contribution in [1.29, 1.82) is 0 Å². The number of nitrogens with zero attached hydrogens (tertiary/aromatic N) is 5. The van der Waals surface area contributed by atoms with Gasteiger partial charge in [-0.15, -0.1) is 0 Å². The van der Waals surface area contributed by atoms with Crippen LogP contribution in [0, 0.1) is 6.92 Å². The monoisotopic (exact) mass is 491 g/mol. The van der Waals surface area contributed by atoms with Crippen LogP contribution in [0.2, 0.25) is 5.02 Å². The highest BCUT2D eigenvalue weighted by Crippen LogP contribution is 2.25. The molecule has 33 heavy (non-hydrogen) atoms. The molecule has 1 saturated heterocycles. The Morgan fingerprint density at radius 1 is 1.36 bits per heavy atom. The molecule has 4 rings (SSSR count). The summed E-state index contributed by atoms with van der Waals surface area (Å²) in [5, 5.41) is 4.88. The number of rotatable bonds is 6. The van der Waals surface area contributed by atoms with Crippen molar-refractivity contribution in [3.63, 3.8) is 0 Å². The molecule has 1 amide bonds. The Hall–Kier alpha value is -2.89. The molecule has 1 atom stereocenters. The number of nitrogens with two attached hydrogens (primary N) is 1. The molecule has 0 aliphatic carbocycles. The van der Waals surface area contributed by atoms with Crippen molar-refractivity contribution in [1.82, 2.24) is 19.5 Å². The Bertz CT molecular complexity index is 1320. The summed E-state index contributed by atoms with van der Waals surface area (Å²) in [6.45, 7) is 3.83. The van der Waals surface area contributed by atoms with Gasteiger partial charge in [-0.05, 0) is 31.5 Å². The van der Waals surface area contributed by atoms with Gasteiger partial charge in [0.05, 0.1) is 29.7 Å². The molecule has 1 fully saturated rings. The van der Waals surface area contributed by atoms with Gasteiger partial charge in [0.25, 0.3) is 5.91 Å². The SMILES string of the molecule is Cc1cn2nc(CN(C)C(=O)c3cc(Cl)ccc3NS(C)(=O)=O)cc2nc1N1CC[C@H](N)C1. The number of benzene rings is 1. The van der Waals surface area contributed by atoms with E-state index in [9.17, 15) is 13.2 Å². The van der Waals surface area contributed by atoms with Crippen molar-refractivity contribution in [2.24, 2.45) is 5.73 Å². The Morgan fingerprint density at radius 2 is 2.12 bits per heavy atom. The van der Waals surface area contributed by atoms with E-state index in [-0.39, 0.29) is 23.8 Å². The first kappa shape index (κ1) is 23.3. The van der Waals surface area contributed by atoms with Crippen LogP contribution >= 0.6 is 11.6 Å².